The van der Waals surface area contributed by atoms with Crippen LogP contribution in [0.3, 0.4) is 0 Å². The third kappa shape index (κ3) is 6.09. The SMILES string of the molecule is CC1(C)CC(=O)C2=C(C1)N(Cc1ccccc1)C1=C(C(=O)CC(C)(C)C1)C2c1cc(Cl)ccc1OCc1ccc(Cl)c(Cl)c1. The van der Waals surface area contributed by atoms with E-state index in [4.69, 9.17) is 39.5 Å². The molecule has 228 valence electrons. The lowest BCUT2D eigenvalue weighted by molar-refractivity contribution is -0.119. The van der Waals surface area contributed by atoms with Gasteiger partial charge in [0.05, 0.1) is 10.0 Å². The number of nitrogens with zero attached hydrogens (tertiary/aromatic N) is 1. The van der Waals surface area contributed by atoms with Crippen LogP contribution in [-0.2, 0) is 22.7 Å². The number of benzene rings is 3. The molecule has 1 aliphatic heterocycles. The van der Waals surface area contributed by atoms with Crippen LogP contribution in [0, 0.1) is 10.8 Å². The smallest absolute Gasteiger partial charge is 0.162 e. The zero-order chi connectivity index (χ0) is 31.4. The molecule has 0 amide bonds. The summed E-state index contributed by atoms with van der Waals surface area (Å²) in [5.74, 6) is 0.149. The van der Waals surface area contributed by atoms with Gasteiger partial charge in [-0.05, 0) is 65.1 Å². The molecule has 44 heavy (non-hydrogen) atoms. The van der Waals surface area contributed by atoms with Crippen LogP contribution in [-0.4, -0.2) is 16.5 Å². The van der Waals surface area contributed by atoms with Crippen molar-refractivity contribution in [2.45, 2.75) is 72.4 Å². The van der Waals surface area contributed by atoms with Crippen LogP contribution in [0.15, 0.2) is 89.3 Å². The second-order valence-corrected chi connectivity index (χ2v) is 15.1. The molecule has 0 saturated carbocycles. The van der Waals surface area contributed by atoms with Crippen LogP contribution >= 0.6 is 34.8 Å². The third-order valence-electron chi connectivity index (χ3n) is 8.87. The first kappa shape index (κ1) is 31.0. The monoisotopic (exact) mass is 647 g/mol. The fourth-order valence-corrected chi connectivity index (χ4v) is 7.48. The zero-order valence-corrected chi connectivity index (χ0v) is 27.7. The number of rotatable bonds is 6. The molecule has 0 spiro atoms. The van der Waals surface area contributed by atoms with Crippen molar-refractivity contribution < 1.29 is 14.3 Å². The van der Waals surface area contributed by atoms with Crippen molar-refractivity contribution in [1.82, 2.24) is 4.90 Å². The molecular weight excluding hydrogens is 613 g/mol. The summed E-state index contributed by atoms with van der Waals surface area (Å²) in [5.41, 5.74) is 5.65. The summed E-state index contributed by atoms with van der Waals surface area (Å²) in [6.07, 6.45) is 2.26. The number of halogens is 3. The van der Waals surface area contributed by atoms with Crippen molar-refractivity contribution in [3.63, 3.8) is 0 Å². The van der Waals surface area contributed by atoms with Gasteiger partial charge in [0, 0.05) is 58.4 Å². The van der Waals surface area contributed by atoms with Gasteiger partial charge in [-0.15, -0.1) is 0 Å². The van der Waals surface area contributed by atoms with Crippen molar-refractivity contribution in [3.05, 3.63) is 121 Å². The summed E-state index contributed by atoms with van der Waals surface area (Å²) < 4.78 is 6.42. The minimum atomic E-state index is -0.568. The number of ketones is 2. The van der Waals surface area contributed by atoms with Gasteiger partial charge in [-0.25, -0.2) is 0 Å². The lowest BCUT2D eigenvalue weighted by atomic mass is 9.63. The molecule has 0 saturated heterocycles. The van der Waals surface area contributed by atoms with E-state index in [0.717, 1.165) is 40.9 Å². The van der Waals surface area contributed by atoms with Crippen LogP contribution in [0.1, 0.15) is 76.0 Å². The maximum atomic E-state index is 14.3. The average molecular weight is 649 g/mol. The Hall–Kier alpha value is -3.05. The van der Waals surface area contributed by atoms with Gasteiger partial charge < -0.3 is 9.64 Å². The topological polar surface area (TPSA) is 46.6 Å². The van der Waals surface area contributed by atoms with E-state index in [1.54, 1.807) is 18.2 Å². The molecule has 0 aromatic heterocycles. The molecule has 0 fully saturated rings. The first-order valence-electron chi connectivity index (χ1n) is 15.0. The van der Waals surface area contributed by atoms with Crippen LogP contribution in [0.5, 0.6) is 5.75 Å². The lowest BCUT2D eigenvalue weighted by Gasteiger charge is -2.49. The summed E-state index contributed by atoms with van der Waals surface area (Å²) in [5, 5.41) is 1.44. The summed E-state index contributed by atoms with van der Waals surface area (Å²) in [6, 6.07) is 21.1. The molecule has 4 nitrogen and oxygen atoms in total. The van der Waals surface area contributed by atoms with Crippen molar-refractivity contribution in [1.29, 1.82) is 0 Å². The van der Waals surface area contributed by atoms with E-state index in [1.165, 1.54) is 0 Å². The van der Waals surface area contributed by atoms with Gasteiger partial charge in [-0.1, -0.05) is 98.9 Å². The van der Waals surface area contributed by atoms with Crippen LogP contribution < -0.4 is 4.74 Å². The zero-order valence-electron chi connectivity index (χ0n) is 25.5. The molecule has 3 aliphatic rings. The Labute approximate surface area is 274 Å². The highest BCUT2D eigenvalue weighted by molar-refractivity contribution is 6.42. The van der Waals surface area contributed by atoms with Gasteiger partial charge in [0.2, 0.25) is 0 Å². The fourth-order valence-electron chi connectivity index (χ4n) is 6.98. The van der Waals surface area contributed by atoms with E-state index in [-0.39, 0.29) is 29.0 Å². The van der Waals surface area contributed by atoms with Crippen molar-refractivity contribution in [3.8, 4) is 5.75 Å². The molecule has 0 atom stereocenters. The van der Waals surface area contributed by atoms with E-state index in [1.807, 2.05) is 36.4 Å². The number of carbonyl (C=O) groups is 2. The molecule has 0 unspecified atom stereocenters. The first-order valence-corrected chi connectivity index (χ1v) is 16.2. The number of hydrogen-bond donors (Lipinski definition) is 0. The molecule has 2 aliphatic carbocycles. The minimum Gasteiger partial charge on any atom is -0.489 e. The van der Waals surface area contributed by atoms with E-state index < -0.39 is 5.92 Å². The van der Waals surface area contributed by atoms with Crippen LogP contribution in [0.2, 0.25) is 15.1 Å². The quantitative estimate of drug-likeness (QED) is 0.267. The number of ether oxygens (including phenoxy) is 1. The molecule has 7 heteroatoms. The minimum absolute atomic E-state index is 0.0684. The molecule has 0 bridgehead atoms. The van der Waals surface area contributed by atoms with E-state index in [0.29, 0.717) is 51.4 Å². The highest BCUT2D eigenvalue weighted by Crippen LogP contribution is 2.56. The number of carbonyl (C=O) groups excluding carboxylic acids is 2. The Balaban J connectivity index is 1.53. The average Bonchev–Trinajstić information content (AvgIpc) is 2.94. The Morgan fingerprint density at radius 1 is 0.727 bits per heavy atom. The maximum Gasteiger partial charge on any atom is 0.162 e. The van der Waals surface area contributed by atoms with Crippen LogP contribution in [0.25, 0.3) is 0 Å². The molecule has 0 N–H and O–H groups in total. The maximum absolute atomic E-state index is 14.3. The summed E-state index contributed by atoms with van der Waals surface area (Å²) in [4.78, 5) is 30.8. The Morgan fingerprint density at radius 2 is 1.34 bits per heavy atom. The second-order valence-electron chi connectivity index (χ2n) is 13.8. The summed E-state index contributed by atoms with van der Waals surface area (Å²) >= 11 is 19.1. The van der Waals surface area contributed by atoms with Crippen molar-refractivity contribution in [2.24, 2.45) is 10.8 Å². The van der Waals surface area contributed by atoms with E-state index >= 15 is 0 Å². The first-order chi connectivity index (χ1) is 20.8. The Kier molecular flexibility index (Phi) is 8.24. The standard InChI is InChI=1S/C37H36Cl3NO3/c1-36(2)16-28-34(30(42)18-36)33(25-15-24(38)11-13-32(25)44-21-23-10-12-26(39)27(40)14-23)35-29(17-37(3,4)19-31(35)43)41(28)20-22-8-6-5-7-9-22/h5-15,33H,16-21H2,1-4H3. The van der Waals surface area contributed by atoms with Gasteiger partial charge in [0.1, 0.15) is 12.4 Å². The lowest BCUT2D eigenvalue weighted by Crippen LogP contribution is -2.44. The highest BCUT2D eigenvalue weighted by atomic mass is 35.5. The Bertz CT molecular complexity index is 1670. The summed E-state index contributed by atoms with van der Waals surface area (Å²) in [6.45, 7) is 9.42. The third-order valence-corrected chi connectivity index (χ3v) is 9.84. The molecular formula is C37H36Cl3NO3. The Morgan fingerprint density at radius 3 is 1.93 bits per heavy atom. The number of allylic oxidation sites excluding steroid dienone is 4. The predicted octanol–water partition coefficient (Wildman–Crippen LogP) is 10.1. The largest absolute Gasteiger partial charge is 0.489 e. The molecule has 0 radical (unpaired) electrons. The van der Waals surface area contributed by atoms with Crippen LogP contribution in [0.4, 0.5) is 0 Å². The normalized spacial score (nSPS) is 19.7. The molecule has 3 aromatic rings. The van der Waals surface area contributed by atoms with Crippen molar-refractivity contribution in [2.75, 3.05) is 0 Å². The van der Waals surface area contributed by atoms with Gasteiger partial charge >= 0.3 is 0 Å². The van der Waals surface area contributed by atoms with Gasteiger partial charge in [-0.3, -0.25) is 9.59 Å². The predicted molar refractivity (Wildman–Crippen MR) is 177 cm³/mol. The van der Waals surface area contributed by atoms with Crippen molar-refractivity contribution >= 4 is 46.4 Å². The fraction of sp³-hybridized carbons (Fsp3) is 0.351. The number of Topliss-reactive ketones (excluding diaryl/α,β-unsaturated/α-hetero) is 2. The van der Waals surface area contributed by atoms with E-state index in [9.17, 15) is 9.59 Å². The van der Waals surface area contributed by atoms with Gasteiger partial charge in [-0.2, -0.15) is 0 Å². The molecule has 3 aromatic carbocycles. The molecule has 6 rings (SSSR count). The summed E-state index contributed by atoms with van der Waals surface area (Å²) in [7, 11) is 0. The van der Waals surface area contributed by atoms with Gasteiger partial charge in [0.15, 0.2) is 11.6 Å². The van der Waals surface area contributed by atoms with E-state index in [2.05, 4.69) is 44.7 Å². The highest BCUT2D eigenvalue weighted by Gasteiger charge is 2.49. The second kappa shape index (κ2) is 11.7. The van der Waals surface area contributed by atoms with Gasteiger partial charge in [0.25, 0.3) is 0 Å². The number of hydrogen-bond acceptors (Lipinski definition) is 4. The molecule has 1 heterocycles.